The first-order chi connectivity index (χ1) is 12.6. The van der Waals surface area contributed by atoms with Gasteiger partial charge in [0.25, 0.3) is 0 Å². The minimum atomic E-state index is -4.20. The number of nitrogens with two attached hydrogens (primary N) is 1. The Kier molecular flexibility index (Phi) is 4.16. The number of methoxy groups -OCH3 is 1. The van der Waals surface area contributed by atoms with E-state index in [2.05, 4.69) is 13.5 Å². The molecule has 2 fully saturated rings. The molecule has 3 aliphatic rings. The number of benzene rings is 1. The molecule has 4 rings (SSSR count). The molecule has 0 aromatic heterocycles. The van der Waals surface area contributed by atoms with Crippen LogP contribution in [0.1, 0.15) is 60.9 Å². The number of Topliss-reactive ketones (excluding diaryl/α,β-unsaturated/α-hetero) is 1. The molecule has 4 atom stereocenters. The van der Waals surface area contributed by atoms with Crippen LogP contribution in [0.3, 0.4) is 0 Å². The lowest BCUT2D eigenvalue weighted by Crippen LogP contribution is -2.41. The van der Waals surface area contributed by atoms with Gasteiger partial charge in [-0.15, -0.1) is 0 Å². The maximum Gasteiger partial charge on any atom is 0.380 e. The summed E-state index contributed by atoms with van der Waals surface area (Å²) in [6.45, 7) is 6.59. The summed E-state index contributed by atoms with van der Waals surface area (Å²) in [5.74, 6) is 1.28. The van der Waals surface area contributed by atoms with Gasteiger partial charge >= 0.3 is 10.3 Å². The van der Waals surface area contributed by atoms with Crippen LogP contribution < -0.4 is 14.1 Å². The van der Waals surface area contributed by atoms with Crippen molar-refractivity contribution in [2.75, 3.05) is 7.11 Å². The minimum Gasteiger partial charge on any atom is -0.493 e. The number of carbonyl (C=O) groups excluding carboxylic acids is 1. The quantitative estimate of drug-likeness (QED) is 0.798. The van der Waals surface area contributed by atoms with E-state index < -0.39 is 10.3 Å². The number of carbonyl (C=O) groups is 1. The molecule has 0 saturated heterocycles. The Labute approximate surface area is 160 Å². The lowest BCUT2D eigenvalue weighted by atomic mass is 9.55. The standard InChI is InChI=1S/C20H25NO5S/c1-11-4-5-16-14-8-17(22)15-10-19(26-27(21,23)24)18(25-3)9-13(15)12(14)6-7-20(11,16)2/h9-10,12,14,16H,1,4-8H2,2-3H3,(H2,21,23,24)/t12?,14?,16?,20-/m1/s1. The number of ketones is 1. The average molecular weight is 391 g/mol. The van der Waals surface area contributed by atoms with Gasteiger partial charge in [0, 0.05) is 12.0 Å². The highest BCUT2D eigenvalue weighted by Crippen LogP contribution is 2.62. The molecule has 7 heteroatoms. The fraction of sp³-hybridized carbons (Fsp3) is 0.550. The number of rotatable bonds is 3. The van der Waals surface area contributed by atoms with E-state index in [4.69, 9.17) is 14.1 Å². The maximum absolute atomic E-state index is 12.9. The van der Waals surface area contributed by atoms with Gasteiger partial charge in [-0.05, 0) is 66.5 Å². The molecule has 0 amide bonds. The third-order valence-corrected chi connectivity index (χ3v) is 7.47. The Balaban J connectivity index is 1.78. The summed E-state index contributed by atoms with van der Waals surface area (Å²) < 4.78 is 32.8. The van der Waals surface area contributed by atoms with Gasteiger partial charge in [-0.3, -0.25) is 4.79 Å². The van der Waals surface area contributed by atoms with Crippen molar-refractivity contribution in [3.05, 3.63) is 35.4 Å². The Hall–Kier alpha value is -1.86. The van der Waals surface area contributed by atoms with Crippen LogP contribution in [0.2, 0.25) is 0 Å². The number of fused-ring (bicyclic) bond motifs is 5. The zero-order valence-electron chi connectivity index (χ0n) is 15.7. The summed E-state index contributed by atoms with van der Waals surface area (Å²) in [5.41, 5.74) is 2.91. The normalized spacial score (nSPS) is 32.5. The molecule has 1 aromatic rings. The Morgan fingerprint density at radius 1 is 1.26 bits per heavy atom. The lowest BCUT2D eigenvalue weighted by molar-refractivity contribution is 0.0653. The van der Waals surface area contributed by atoms with Crippen LogP contribution in [0, 0.1) is 17.3 Å². The second-order valence-electron chi connectivity index (χ2n) is 8.27. The fourth-order valence-electron chi connectivity index (χ4n) is 5.66. The molecule has 0 bridgehead atoms. The molecule has 1 aromatic carbocycles. The van der Waals surface area contributed by atoms with Crippen molar-refractivity contribution in [1.29, 1.82) is 0 Å². The van der Waals surface area contributed by atoms with Gasteiger partial charge in [-0.1, -0.05) is 19.1 Å². The van der Waals surface area contributed by atoms with E-state index in [1.54, 1.807) is 6.07 Å². The van der Waals surface area contributed by atoms with Gasteiger partial charge in [0.05, 0.1) is 7.11 Å². The molecule has 27 heavy (non-hydrogen) atoms. The van der Waals surface area contributed by atoms with Crippen LogP contribution in [-0.4, -0.2) is 21.3 Å². The highest BCUT2D eigenvalue weighted by atomic mass is 32.2. The van der Waals surface area contributed by atoms with E-state index in [1.165, 1.54) is 18.7 Å². The van der Waals surface area contributed by atoms with Crippen molar-refractivity contribution < 1.29 is 22.1 Å². The van der Waals surface area contributed by atoms with Crippen LogP contribution in [0.25, 0.3) is 0 Å². The van der Waals surface area contributed by atoms with Crippen LogP contribution in [0.4, 0.5) is 0 Å². The zero-order valence-corrected chi connectivity index (χ0v) is 16.5. The second kappa shape index (κ2) is 6.07. The van der Waals surface area contributed by atoms with E-state index in [-0.39, 0.29) is 34.5 Å². The van der Waals surface area contributed by atoms with Crippen molar-refractivity contribution in [3.8, 4) is 11.5 Å². The number of hydrogen-bond donors (Lipinski definition) is 1. The molecule has 3 aliphatic carbocycles. The molecule has 2 saturated carbocycles. The molecule has 2 N–H and O–H groups in total. The van der Waals surface area contributed by atoms with Crippen molar-refractivity contribution in [1.82, 2.24) is 0 Å². The molecule has 0 heterocycles. The van der Waals surface area contributed by atoms with Crippen molar-refractivity contribution in [2.24, 2.45) is 22.4 Å². The number of allylic oxidation sites excluding steroid dienone is 1. The molecule has 6 nitrogen and oxygen atoms in total. The molecule has 3 unspecified atom stereocenters. The van der Waals surface area contributed by atoms with E-state index in [9.17, 15) is 13.2 Å². The van der Waals surface area contributed by atoms with E-state index >= 15 is 0 Å². The van der Waals surface area contributed by atoms with E-state index in [0.717, 1.165) is 31.2 Å². The topological polar surface area (TPSA) is 95.7 Å². The second-order valence-corrected chi connectivity index (χ2v) is 9.42. The predicted octanol–water partition coefficient (Wildman–Crippen LogP) is 3.33. The van der Waals surface area contributed by atoms with E-state index in [1.807, 2.05) is 0 Å². The van der Waals surface area contributed by atoms with E-state index in [0.29, 0.717) is 17.9 Å². The summed E-state index contributed by atoms with van der Waals surface area (Å²) in [7, 11) is -2.76. The minimum absolute atomic E-state index is 0.0231. The fourth-order valence-corrected chi connectivity index (χ4v) is 6.04. The Bertz CT molecular complexity index is 938. The zero-order chi connectivity index (χ0) is 19.6. The van der Waals surface area contributed by atoms with Crippen LogP contribution in [-0.2, 0) is 10.3 Å². The molecular formula is C20H25NO5S. The molecule has 0 spiro atoms. The first-order valence-corrected chi connectivity index (χ1v) is 10.8. The molecule has 0 aliphatic heterocycles. The van der Waals surface area contributed by atoms with Crippen LogP contribution in [0.5, 0.6) is 11.5 Å². The lowest BCUT2D eigenvalue weighted by Gasteiger charge is -2.49. The van der Waals surface area contributed by atoms with Crippen molar-refractivity contribution in [2.45, 2.75) is 44.9 Å². The molecule has 146 valence electrons. The highest BCUT2D eigenvalue weighted by Gasteiger charge is 2.53. The summed E-state index contributed by atoms with van der Waals surface area (Å²) >= 11 is 0. The van der Waals surface area contributed by atoms with Gasteiger partial charge < -0.3 is 8.92 Å². The monoisotopic (exact) mass is 391 g/mol. The largest absolute Gasteiger partial charge is 0.493 e. The highest BCUT2D eigenvalue weighted by molar-refractivity contribution is 7.84. The Morgan fingerprint density at radius 3 is 2.67 bits per heavy atom. The first kappa shape index (κ1) is 18.5. The van der Waals surface area contributed by atoms with Crippen molar-refractivity contribution >= 4 is 16.1 Å². The Morgan fingerprint density at radius 2 is 2.00 bits per heavy atom. The molecule has 0 radical (unpaired) electrons. The summed E-state index contributed by atoms with van der Waals surface area (Å²) in [6, 6.07) is 3.23. The third kappa shape index (κ3) is 2.88. The van der Waals surface area contributed by atoms with Gasteiger partial charge in [-0.25, -0.2) is 0 Å². The predicted molar refractivity (Wildman–Crippen MR) is 101 cm³/mol. The van der Waals surface area contributed by atoms with Gasteiger partial charge in [-0.2, -0.15) is 13.6 Å². The average Bonchev–Trinajstić information content (AvgIpc) is 2.89. The summed E-state index contributed by atoms with van der Waals surface area (Å²) in [6.07, 6.45) is 4.64. The SMILES string of the molecule is C=C1CCC2C3CC(=O)c4cc(OS(N)(=O)=O)c(OC)cc4C3CC[C@]12C. The maximum atomic E-state index is 12.9. The summed E-state index contributed by atoms with van der Waals surface area (Å²) in [4.78, 5) is 12.9. The first-order valence-electron chi connectivity index (χ1n) is 9.29. The number of ether oxygens (including phenoxy) is 1. The number of hydrogen-bond acceptors (Lipinski definition) is 5. The third-order valence-electron chi connectivity index (χ3n) is 7.05. The van der Waals surface area contributed by atoms with Crippen LogP contribution in [0.15, 0.2) is 24.3 Å². The van der Waals surface area contributed by atoms with Gasteiger partial charge in [0.15, 0.2) is 17.3 Å². The smallest absolute Gasteiger partial charge is 0.380 e. The molecular weight excluding hydrogens is 366 g/mol. The van der Waals surface area contributed by atoms with Crippen LogP contribution >= 0.6 is 0 Å². The van der Waals surface area contributed by atoms with Crippen molar-refractivity contribution in [3.63, 3.8) is 0 Å². The summed E-state index contributed by atoms with van der Waals surface area (Å²) in [5, 5.41) is 5.00. The van der Waals surface area contributed by atoms with Gasteiger partial charge in [0.1, 0.15) is 0 Å². The van der Waals surface area contributed by atoms with Gasteiger partial charge in [0.2, 0.25) is 0 Å².